The molecule has 2 N–H and O–H groups in total. The molecule has 2 aromatic heterocycles. The van der Waals surface area contributed by atoms with Gasteiger partial charge >= 0.3 is 0 Å². The highest BCUT2D eigenvalue weighted by Crippen LogP contribution is 2.21. The minimum Gasteiger partial charge on any atom is -0.435 e. The summed E-state index contributed by atoms with van der Waals surface area (Å²) in [5.74, 6) is 1.23. The Hall–Kier alpha value is -1.88. The number of hydrogen-bond donors (Lipinski definition) is 1. The minimum absolute atomic E-state index is 0.409. The monoisotopic (exact) mass is 232 g/mol. The van der Waals surface area contributed by atoms with Gasteiger partial charge in [-0.05, 0) is 12.5 Å². The molecule has 0 atom stereocenters. The number of nitrogens with two attached hydrogens (primary N) is 1. The summed E-state index contributed by atoms with van der Waals surface area (Å²) in [5, 5.41) is 4.19. The van der Waals surface area contributed by atoms with E-state index in [1.54, 1.807) is 12.4 Å². The third-order valence-electron chi connectivity index (χ3n) is 2.35. The number of hydrogen-bond acceptors (Lipinski definition) is 4. The Labute approximate surface area is 100 Å². The average molecular weight is 232 g/mol. The number of nitrogens with zero attached hydrogens (tertiary/aromatic N) is 3. The number of ether oxygens (including phenoxy) is 1. The third kappa shape index (κ3) is 2.82. The van der Waals surface area contributed by atoms with Crippen molar-refractivity contribution in [2.24, 2.45) is 5.73 Å². The van der Waals surface area contributed by atoms with Crippen molar-refractivity contribution in [2.45, 2.75) is 26.4 Å². The van der Waals surface area contributed by atoms with E-state index < -0.39 is 0 Å². The fourth-order valence-electron chi connectivity index (χ4n) is 1.53. The SMILES string of the molecule is CCCn1cc(Oc2ncccc2CN)cn1. The second-order valence-corrected chi connectivity index (χ2v) is 3.71. The van der Waals surface area contributed by atoms with Gasteiger partial charge in [-0.3, -0.25) is 4.68 Å². The van der Waals surface area contributed by atoms with E-state index in [4.69, 9.17) is 10.5 Å². The van der Waals surface area contributed by atoms with Crippen molar-refractivity contribution in [3.63, 3.8) is 0 Å². The molecule has 2 rings (SSSR count). The lowest BCUT2D eigenvalue weighted by atomic mass is 10.3. The fraction of sp³-hybridized carbons (Fsp3) is 0.333. The van der Waals surface area contributed by atoms with E-state index in [2.05, 4.69) is 17.0 Å². The third-order valence-corrected chi connectivity index (χ3v) is 2.35. The van der Waals surface area contributed by atoms with Crippen LogP contribution in [0, 0.1) is 0 Å². The summed E-state index contributed by atoms with van der Waals surface area (Å²) in [6, 6.07) is 3.74. The Balaban J connectivity index is 2.13. The van der Waals surface area contributed by atoms with Crippen molar-refractivity contribution in [1.29, 1.82) is 0 Å². The molecule has 0 unspecified atom stereocenters. The van der Waals surface area contributed by atoms with Gasteiger partial charge in [0.2, 0.25) is 5.88 Å². The largest absolute Gasteiger partial charge is 0.435 e. The Morgan fingerprint density at radius 2 is 2.35 bits per heavy atom. The smallest absolute Gasteiger partial charge is 0.223 e. The Morgan fingerprint density at radius 1 is 1.47 bits per heavy atom. The number of aromatic nitrogens is 3. The molecule has 0 spiro atoms. The van der Waals surface area contributed by atoms with E-state index in [-0.39, 0.29) is 0 Å². The second-order valence-electron chi connectivity index (χ2n) is 3.71. The zero-order chi connectivity index (χ0) is 12.1. The summed E-state index contributed by atoms with van der Waals surface area (Å²) in [6.07, 6.45) is 6.27. The maximum absolute atomic E-state index is 5.65. The molecule has 5 nitrogen and oxygen atoms in total. The number of rotatable bonds is 5. The van der Waals surface area contributed by atoms with Crippen LogP contribution >= 0.6 is 0 Å². The molecular weight excluding hydrogens is 216 g/mol. The Bertz CT molecular complexity index is 481. The first-order valence-corrected chi connectivity index (χ1v) is 5.67. The average Bonchev–Trinajstić information content (AvgIpc) is 2.78. The standard InChI is InChI=1S/C12H16N4O/c1-2-6-16-9-11(8-15-16)17-12-10(7-13)4-3-5-14-12/h3-5,8-9H,2,6-7,13H2,1H3. The summed E-state index contributed by atoms with van der Waals surface area (Å²) in [7, 11) is 0. The summed E-state index contributed by atoms with van der Waals surface area (Å²) < 4.78 is 7.50. The first-order valence-electron chi connectivity index (χ1n) is 5.67. The molecule has 90 valence electrons. The predicted molar refractivity (Wildman–Crippen MR) is 64.7 cm³/mol. The van der Waals surface area contributed by atoms with E-state index >= 15 is 0 Å². The first kappa shape index (κ1) is 11.6. The summed E-state index contributed by atoms with van der Waals surface area (Å²) in [6.45, 7) is 3.40. The van der Waals surface area contributed by atoms with Gasteiger partial charge < -0.3 is 10.5 Å². The molecule has 0 aromatic carbocycles. The van der Waals surface area contributed by atoms with Gasteiger partial charge in [0, 0.05) is 24.8 Å². The van der Waals surface area contributed by atoms with E-state index in [9.17, 15) is 0 Å². The second kappa shape index (κ2) is 5.45. The van der Waals surface area contributed by atoms with Crippen LogP contribution in [0.25, 0.3) is 0 Å². The van der Waals surface area contributed by atoms with Crippen molar-refractivity contribution in [3.8, 4) is 11.6 Å². The molecule has 0 aliphatic rings. The van der Waals surface area contributed by atoms with E-state index in [0.717, 1.165) is 18.5 Å². The van der Waals surface area contributed by atoms with E-state index in [0.29, 0.717) is 18.2 Å². The van der Waals surface area contributed by atoms with Crippen molar-refractivity contribution < 1.29 is 4.74 Å². The lowest BCUT2D eigenvalue weighted by Gasteiger charge is -2.05. The highest BCUT2D eigenvalue weighted by Gasteiger charge is 2.06. The molecule has 0 amide bonds. The van der Waals surface area contributed by atoms with Gasteiger partial charge in [-0.1, -0.05) is 13.0 Å². The summed E-state index contributed by atoms with van der Waals surface area (Å²) in [5.41, 5.74) is 6.50. The molecule has 2 aromatic rings. The molecule has 0 radical (unpaired) electrons. The van der Waals surface area contributed by atoms with Gasteiger partial charge in [0.05, 0.1) is 12.4 Å². The van der Waals surface area contributed by atoms with Crippen LogP contribution < -0.4 is 10.5 Å². The van der Waals surface area contributed by atoms with Gasteiger partial charge in [-0.25, -0.2) is 4.98 Å². The first-order chi connectivity index (χ1) is 8.33. The predicted octanol–water partition coefficient (Wildman–Crippen LogP) is 1.94. The Kier molecular flexibility index (Phi) is 3.72. The van der Waals surface area contributed by atoms with Crippen molar-refractivity contribution in [3.05, 3.63) is 36.3 Å². The molecule has 0 aliphatic heterocycles. The van der Waals surface area contributed by atoms with Gasteiger partial charge in [0.1, 0.15) is 0 Å². The van der Waals surface area contributed by atoms with Gasteiger partial charge in [-0.15, -0.1) is 0 Å². The maximum atomic E-state index is 5.65. The molecule has 0 saturated heterocycles. The lowest BCUT2D eigenvalue weighted by Crippen LogP contribution is -2.00. The fourth-order valence-corrected chi connectivity index (χ4v) is 1.53. The van der Waals surface area contributed by atoms with Crippen LogP contribution in [0.2, 0.25) is 0 Å². The number of pyridine rings is 1. The molecule has 0 aliphatic carbocycles. The summed E-state index contributed by atoms with van der Waals surface area (Å²) in [4.78, 5) is 4.16. The molecule has 2 heterocycles. The molecular formula is C12H16N4O. The van der Waals surface area contributed by atoms with Crippen LogP contribution in [0.1, 0.15) is 18.9 Å². The normalized spacial score (nSPS) is 10.5. The van der Waals surface area contributed by atoms with Gasteiger partial charge in [0.15, 0.2) is 5.75 Å². The Morgan fingerprint density at radius 3 is 3.12 bits per heavy atom. The van der Waals surface area contributed by atoms with Gasteiger partial charge in [-0.2, -0.15) is 5.10 Å². The molecule has 0 saturated carbocycles. The van der Waals surface area contributed by atoms with Crippen molar-refractivity contribution in [2.75, 3.05) is 0 Å². The quantitative estimate of drug-likeness (QED) is 0.855. The van der Waals surface area contributed by atoms with Crippen LogP contribution in [0.5, 0.6) is 11.6 Å². The molecule has 17 heavy (non-hydrogen) atoms. The highest BCUT2D eigenvalue weighted by atomic mass is 16.5. The van der Waals surface area contributed by atoms with Crippen LogP contribution in [-0.2, 0) is 13.1 Å². The lowest BCUT2D eigenvalue weighted by molar-refractivity contribution is 0.455. The number of aryl methyl sites for hydroxylation is 1. The summed E-state index contributed by atoms with van der Waals surface area (Å²) >= 11 is 0. The van der Waals surface area contributed by atoms with Gasteiger partial charge in [0.25, 0.3) is 0 Å². The van der Waals surface area contributed by atoms with Crippen molar-refractivity contribution in [1.82, 2.24) is 14.8 Å². The highest BCUT2D eigenvalue weighted by molar-refractivity contribution is 5.29. The minimum atomic E-state index is 0.409. The zero-order valence-electron chi connectivity index (χ0n) is 9.84. The van der Waals surface area contributed by atoms with Crippen LogP contribution in [0.15, 0.2) is 30.7 Å². The molecule has 0 fully saturated rings. The van der Waals surface area contributed by atoms with Crippen LogP contribution in [0.3, 0.4) is 0 Å². The van der Waals surface area contributed by atoms with E-state index in [1.807, 2.05) is 23.0 Å². The van der Waals surface area contributed by atoms with E-state index in [1.165, 1.54) is 0 Å². The zero-order valence-corrected chi connectivity index (χ0v) is 9.84. The topological polar surface area (TPSA) is 66.0 Å². The molecule has 5 heteroatoms. The van der Waals surface area contributed by atoms with Crippen molar-refractivity contribution >= 4 is 0 Å². The molecule has 0 bridgehead atoms. The van der Waals surface area contributed by atoms with Crippen LogP contribution in [0.4, 0.5) is 0 Å². The van der Waals surface area contributed by atoms with Crippen LogP contribution in [-0.4, -0.2) is 14.8 Å². The maximum Gasteiger partial charge on any atom is 0.223 e.